The van der Waals surface area contributed by atoms with E-state index in [1.807, 2.05) is 6.92 Å². The predicted molar refractivity (Wildman–Crippen MR) is 85.0 cm³/mol. The second-order valence-corrected chi connectivity index (χ2v) is 5.41. The molecule has 0 aliphatic heterocycles. The highest BCUT2D eigenvalue weighted by Crippen LogP contribution is 2.17. The highest BCUT2D eigenvalue weighted by atomic mass is 19.1. The Hall–Kier alpha value is -2.70. The quantitative estimate of drug-likeness (QED) is 0.822. The van der Waals surface area contributed by atoms with E-state index in [1.54, 1.807) is 13.0 Å². The summed E-state index contributed by atoms with van der Waals surface area (Å²) in [6.07, 6.45) is 0.576. The summed E-state index contributed by atoms with van der Waals surface area (Å²) in [6, 6.07) is 4.19. The van der Waals surface area contributed by atoms with Gasteiger partial charge in [-0.15, -0.1) is 0 Å². The van der Waals surface area contributed by atoms with Crippen molar-refractivity contribution in [1.29, 1.82) is 0 Å². The zero-order chi connectivity index (χ0) is 17.7. The maximum Gasteiger partial charge on any atom is 0.310 e. The molecule has 0 aliphatic carbocycles. The lowest BCUT2D eigenvalue weighted by atomic mass is 10.1. The van der Waals surface area contributed by atoms with Crippen LogP contribution in [0.25, 0.3) is 0 Å². The number of aromatic nitrogens is 1. The van der Waals surface area contributed by atoms with E-state index < -0.39 is 11.8 Å². The maximum atomic E-state index is 13.9. The Morgan fingerprint density at radius 3 is 2.67 bits per heavy atom. The van der Waals surface area contributed by atoms with E-state index in [0.29, 0.717) is 17.9 Å². The molecule has 0 unspecified atom stereocenters. The van der Waals surface area contributed by atoms with E-state index in [2.05, 4.69) is 15.2 Å². The van der Waals surface area contributed by atoms with E-state index in [0.717, 1.165) is 11.3 Å². The minimum atomic E-state index is -0.566. The summed E-state index contributed by atoms with van der Waals surface area (Å²) in [5.74, 6) is -0.636. The van der Waals surface area contributed by atoms with Crippen LogP contribution in [-0.4, -0.2) is 24.1 Å². The Morgan fingerprint density at radius 2 is 2.08 bits per heavy atom. The summed E-state index contributed by atoms with van der Waals surface area (Å²) in [7, 11) is 1.24. The molecule has 6 nitrogen and oxygen atoms in total. The number of halogens is 1. The lowest BCUT2D eigenvalue weighted by Gasteiger charge is -2.08. The molecular weight excluding hydrogens is 315 g/mol. The average molecular weight is 334 g/mol. The third-order valence-corrected chi connectivity index (χ3v) is 3.68. The first-order valence-electron chi connectivity index (χ1n) is 7.47. The number of nitrogens with one attached hydrogen (secondary N) is 1. The fourth-order valence-electron chi connectivity index (χ4n) is 2.32. The number of nitrogens with zero attached hydrogens (tertiary/aromatic N) is 1. The van der Waals surface area contributed by atoms with Crippen LogP contribution in [0, 0.1) is 19.7 Å². The minimum Gasteiger partial charge on any atom is -0.469 e. The number of anilines is 1. The van der Waals surface area contributed by atoms with Crippen molar-refractivity contribution in [2.75, 3.05) is 12.4 Å². The highest BCUT2D eigenvalue weighted by molar-refractivity contribution is 5.90. The Kier molecular flexibility index (Phi) is 5.68. The van der Waals surface area contributed by atoms with Gasteiger partial charge in [0.1, 0.15) is 11.6 Å². The Morgan fingerprint density at radius 1 is 1.33 bits per heavy atom. The zero-order valence-electron chi connectivity index (χ0n) is 13.8. The smallest absolute Gasteiger partial charge is 0.310 e. The molecule has 0 fully saturated rings. The van der Waals surface area contributed by atoms with Crippen molar-refractivity contribution < 1.29 is 23.2 Å². The number of methoxy groups -OCH3 is 1. The van der Waals surface area contributed by atoms with Crippen LogP contribution in [0.3, 0.4) is 0 Å². The molecule has 0 spiro atoms. The molecule has 2 aromatic rings. The van der Waals surface area contributed by atoms with Crippen LogP contribution in [0.1, 0.15) is 29.0 Å². The summed E-state index contributed by atoms with van der Waals surface area (Å²) >= 11 is 0. The molecule has 1 heterocycles. The number of hydrogen-bond donors (Lipinski definition) is 1. The van der Waals surface area contributed by atoms with Gasteiger partial charge in [0.05, 0.1) is 19.2 Å². The van der Waals surface area contributed by atoms with Gasteiger partial charge in [0.2, 0.25) is 5.91 Å². The molecule has 2 rings (SSSR count). The van der Waals surface area contributed by atoms with E-state index in [9.17, 15) is 14.0 Å². The van der Waals surface area contributed by atoms with Crippen LogP contribution in [0.15, 0.2) is 22.7 Å². The van der Waals surface area contributed by atoms with Crippen molar-refractivity contribution >= 4 is 17.6 Å². The summed E-state index contributed by atoms with van der Waals surface area (Å²) < 4.78 is 23.5. The SMILES string of the molecule is COC(=O)Cc1ccc(NC(=O)CCc2c(C)noc2C)cc1F. The van der Waals surface area contributed by atoms with Crippen LogP contribution >= 0.6 is 0 Å². The van der Waals surface area contributed by atoms with Gasteiger partial charge in [-0.1, -0.05) is 11.2 Å². The monoisotopic (exact) mass is 334 g/mol. The molecule has 1 N–H and O–H groups in total. The molecule has 0 atom stereocenters. The van der Waals surface area contributed by atoms with Crippen molar-refractivity contribution in [3.63, 3.8) is 0 Å². The first kappa shape index (κ1) is 17.7. The first-order chi connectivity index (χ1) is 11.4. The predicted octanol–water partition coefficient (Wildman–Crippen LogP) is 2.72. The van der Waals surface area contributed by atoms with Gasteiger partial charge in [-0.3, -0.25) is 9.59 Å². The fraction of sp³-hybridized carbons (Fsp3) is 0.353. The van der Waals surface area contributed by atoms with Crippen molar-refractivity contribution in [2.24, 2.45) is 0 Å². The Balaban J connectivity index is 1.94. The van der Waals surface area contributed by atoms with E-state index in [1.165, 1.54) is 19.2 Å². The van der Waals surface area contributed by atoms with Gasteiger partial charge in [0.15, 0.2) is 0 Å². The van der Waals surface area contributed by atoms with E-state index >= 15 is 0 Å². The molecule has 1 aromatic heterocycles. The number of ether oxygens (including phenoxy) is 1. The first-order valence-corrected chi connectivity index (χ1v) is 7.47. The molecule has 0 saturated carbocycles. The van der Waals surface area contributed by atoms with Crippen molar-refractivity contribution in [2.45, 2.75) is 33.1 Å². The molecule has 1 aromatic carbocycles. The maximum absolute atomic E-state index is 13.9. The molecule has 128 valence electrons. The number of esters is 1. The van der Waals surface area contributed by atoms with Gasteiger partial charge in [0.25, 0.3) is 0 Å². The van der Waals surface area contributed by atoms with Gasteiger partial charge in [-0.2, -0.15) is 0 Å². The molecular formula is C17H19FN2O4. The summed E-state index contributed by atoms with van der Waals surface area (Å²) in [5.41, 5.74) is 2.23. The highest BCUT2D eigenvalue weighted by Gasteiger charge is 2.13. The second-order valence-electron chi connectivity index (χ2n) is 5.41. The van der Waals surface area contributed by atoms with E-state index in [4.69, 9.17) is 4.52 Å². The number of aryl methyl sites for hydroxylation is 2. The summed E-state index contributed by atoms with van der Waals surface area (Å²) in [4.78, 5) is 23.2. The normalized spacial score (nSPS) is 10.5. The van der Waals surface area contributed by atoms with Crippen LogP contribution in [0.5, 0.6) is 0 Å². The molecule has 0 saturated heterocycles. The number of hydrogen-bond acceptors (Lipinski definition) is 5. The van der Waals surface area contributed by atoms with Gasteiger partial charge < -0.3 is 14.6 Å². The molecule has 1 amide bonds. The fourth-order valence-corrected chi connectivity index (χ4v) is 2.32. The summed E-state index contributed by atoms with van der Waals surface area (Å²) in [6.45, 7) is 3.61. The largest absolute Gasteiger partial charge is 0.469 e. The van der Waals surface area contributed by atoms with Gasteiger partial charge in [-0.05, 0) is 38.0 Å². The van der Waals surface area contributed by atoms with Crippen molar-refractivity contribution in [3.05, 3.63) is 46.6 Å². The number of carbonyl (C=O) groups excluding carboxylic acids is 2. The van der Waals surface area contributed by atoms with Crippen LogP contribution in [0.2, 0.25) is 0 Å². The number of benzene rings is 1. The van der Waals surface area contributed by atoms with Crippen molar-refractivity contribution in [3.8, 4) is 0 Å². The molecule has 0 radical (unpaired) electrons. The standard InChI is InChI=1S/C17H19FN2O4/c1-10-14(11(2)24-20-10)6-7-16(21)19-13-5-4-12(15(18)9-13)8-17(22)23-3/h4-5,9H,6-8H2,1-3H3,(H,19,21). The third kappa shape index (κ3) is 4.41. The van der Waals surface area contributed by atoms with Gasteiger partial charge >= 0.3 is 5.97 Å². The summed E-state index contributed by atoms with van der Waals surface area (Å²) in [5, 5.41) is 6.47. The van der Waals surface area contributed by atoms with Crippen LogP contribution in [0.4, 0.5) is 10.1 Å². The van der Waals surface area contributed by atoms with Gasteiger partial charge in [-0.25, -0.2) is 4.39 Å². The topological polar surface area (TPSA) is 81.4 Å². The third-order valence-electron chi connectivity index (χ3n) is 3.68. The molecule has 0 aliphatic rings. The zero-order valence-corrected chi connectivity index (χ0v) is 13.8. The molecule has 0 bridgehead atoms. The Labute approximate surface area is 139 Å². The average Bonchev–Trinajstić information content (AvgIpc) is 2.86. The van der Waals surface area contributed by atoms with Crippen LogP contribution in [-0.2, 0) is 27.2 Å². The number of carbonyl (C=O) groups is 2. The molecule has 24 heavy (non-hydrogen) atoms. The molecule has 7 heteroatoms. The van der Waals surface area contributed by atoms with Crippen LogP contribution < -0.4 is 5.32 Å². The lowest BCUT2D eigenvalue weighted by molar-refractivity contribution is -0.139. The van der Waals surface area contributed by atoms with E-state index in [-0.39, 0.29) is 24.3 Å². The van der Waals surface area contributed by atoms with Crippen molar-refractivity contribution in [1.82, 2.24) is 5.16 Å². The minimum absolute atomic E-state index is 0.150. The second kappa shape index (κ2) is 7.72. The Bertz CT molecular complexity index is 736. The number of amides is 1. The van der Waals surface area contributed by atoms with Gasteiger partial charge in [0, 0.05) is 17.7 Å². The lowest BCUT2D eigenvalue weighted by Crippen LogP contribution is -2.13. The number of rotatable bonds is 6.